The number of aromatic nitrogens is 2. The minimum absolute atomic E-state index is 0.267. The molecule has 2 nitrogen and oxygen atoms in total. The van der Waals surface area contributed by atoms with Gasteiger partial charge in [-0.3, -0.25) is 0 Å². The monoisotopic (exact) mass is 356 g/mol. The van der Waals surface area contributed by atoms with Crippen molar-refractivity contribution in [3.05, 3.63) is 75.9 Å². The Morgan fingerprint density at radius 1 is 1.12 bits per heavy atom. The SMILES string of the molecule is Cc1ccc(-c2nc3ccc(F)cc3n2Cc2ccccc2Cl)s1. The highest BCUT2D eigenvalue weighted by Crippen LogP contribution is 2.32. The van der Waals surface area contributed by atoms with Gasteiger partial charge in [0, 0.05) is 9.90 Å². The van der Waals surface area contributed by atoms with Gasteiger partial charge in [0.15, 0.2) is 5.82 Å². The number of hydrogen-bond acceptors (Lipinski definition) is 2. The van der Waals surface area contributed by atoms with Crippen molar-refractivity contribution in [1.82, 2.24) is 9.55 Å². The molecule has 4 aromatic rings. The van der Waals surface area contributed by atoms with E-state index in [4.69, 9.17) is 16.6 Å². The Kier molecular flexibility index (Phi) is 3.87. The van der Waals surface area contributed by atoms with Crippen molar-refractivity contribution in [3.63, 3.8) is 0 Å². The second-order valence-corrected chi connectivity index (χ2v) is 7.35. The Balaban J connectivity index is 1.93. The molecule has 0 unspecified atom stereocenters. The molecule has 2 aromatic heterocycles. The number of aryl methyl sites for hydroxylation is 1. The van der Waals surface area contributed by atoms with Crippen molar-refractivity contribution in [3.8, 4) is 10.7 Å². The molecular weight excluding hydrogens is 343 g/mol. The van der Waals surface area contributed by atoms with Crippen LogP contribution in [0.4, 0.5) is 4.39 Å². The molecule has 5 heteroatoms. The quantitative estimate of drug-likeness (QED) is 0.446. The third kappa shape index (κ3) is 2.72. The molecule has 0 spiro atoms. The van der Waals surface area contributed by atoms with Crippen molar-refractivity contribution in [2.24, 2.45) is 0 Å². The number of benzene rings is 2. The normalized spacial score (nSPS) is 11.3. The van der Waals surface area contributed by atoms with Crippen LogP contribution in [0, 0.1) is 12.7 Å². The smallest absolute Gasteiger partial charge is 0.151 e. The maximum Gasteiger partial charge on any atom is 0.151 e. The molecule has 2 aromatic carbocycles. The van der Waals surface area contributed by atoms with Gasteiger partial charge in [-0.1, -0.05) is 29.8 Å². The summed E-state index contributed by atoms with van der Waals surface area (Å²) in [6.07, 6.45) is 0. The van der Waals surface area contributed by atoms with Gasteiger partial charge in [0.25, 0.3) is 0 Å². The van der Waals surface area contributed by atoms with Crippen LogP contribution < -0.4 is 0 Å². The number of halogens is 2. The maximum atomic E-state index is 13.8. The molecule has 0 radical (unpaired) electrons. The van der Waals surface area contributed by atoms with Crippen LogP contribution in [0.15, 0.2) is 54.6 Å². The third-order valence-corrected chi connectivity index (χ3v) is 5.32. The molecule has 0 aliphatic heterocycles. The number of thiophene rings is 1. The van der Waals surface area contributed by atoms with E-state index in [0.29, 0.717) is 11.6 Å². The van der Waals surface area contributed by atoms with Gasteiger partial charge in [0.1, 0.15) is 5.82 Å². The van der Waals surface area contributed by atoms with Gasteiger partial charge >= 0.3 is 0 Å². The first-order valence-electron chi connectivity index (χ1n) is 7.58. The fraction of sp³-hybridized carbons (Fsp3) is 0.105. The van der Waals surface area contributed by atoms with Crippen molar-refractivity contribution in [1.29, 1.82) is 0 Å². The van der Waals surface area contributed by atoms with Gasteiger partial charge in [-0.25, -0.2) is 9.37 Å². The van der Waals surface area contributed by atoms with Gasteiger partial charge in [-0.2, -0.15) is 0 Å². The first-order valence-corrected chi connectivity index (χ1v) is 8.77. The summed E-state index contributed by atoms with van der Waals surface area (Å²) in [5.41, 5.74) is 2.54. The first kappa shape index (κ1) is 15.4. The minimum atomic E-state index is -0.267. The van der Waals surface area contributed by atoms with E-state index >= 15 is 0 Å². The Morgan fingerprint density at radius 2 is 1.96 bits per heavy atom. The van der Waals surface area contributed by atoms with Crippen LogP contribution in [0.2, 0.25) is 5.02 Å². The van der Waals surface area contributed by atoms with Crippen molar-refractivity contribution in [2.75, 3.05) is 0 Å². The molecule has 4 rings (SSSR count). The second kappa shape index (κ2) is 6.04. The summed E-state index contributed by atoms with van der Waals surface area (Å²) in [6, 6.07) is 16.5. The zero-order valence-corrected chi connectivity index (χ0v) is 14.5. The molecule has 120 valence electrons. The van der Waals surface area contributed by atoms with Gasteiger partial charge in [-0.05, 0) is 48.9 Å². The van der Waals surface area contributed by atoms with Gasteiger partial charge in [0.2, 0.25) is 0 Å². The molecule has 0 saturated carbocycles. The molecule has 24 heavy (non-hydrogen) atoms. The van der Waals surface area contributed by atoms with E-state index in [1.54, 1.807) is 17.4 Å². The lowest BCUT2D eigenvalue weighted by Crippen LogP contribution is -2.02. The lowest BCUT2D eigenvalue weighted by atomic mass is 10.2. The van der Waals surface area contributed by atoms with Gasteiger partial charge in [-0.15, -0.1) is 11.3 Å². The molecular formula is C19H14ClFN2S. The van der Waals surface area contributed by atoms with E-state index in [1.165, 1.54) is 17.0 Å². The Hall–Kier alpha value is -2.17. The van der Waals surface area contributed by atoms with Crippen LogP contribution in [-0.2, 0) is 6.54 Å². The molecule has 0 aliphatic rings. The van der Waals surface area contributed by atoms with Crippen LogP contribution in [0.1, 0.15) is 10.4 Å². The van der Waals surface area contributed by atoms with Crippen LogP contribution in [0.5, 0.6) is 0 Å². The maximum absolute atomic E-state index is 13.8. The second-order valence-electron chi connectivity index (χ2n) is 5.66. The van der Waals surface area contributed by atoms with E-state index in [2.05, 4.69) is 19.1 Å². The third-order valence-electron chi connectivity index (χ3n) is 3.96. The van der Waals surface area contributed by atoms with Crippen molar-refractivity contribution < 1.29 is 4.39 Å². The average Bonchev–Trinajstić information content (AvgIpc) is 3.14. The predicted molar refractivity (Wildman–Crippen MR) is 98.3 cm³/mol. The summed E-state index contributed by atoms with van der Waals surface area (Å²) in [5.74, 6) is 0.574. The Bertz CT molecular complexity index is 1030. The van der Waals surface area contributed by atoms with E-state index in [0.717, 1.165) is 27.3 Å². The average molecular weight is 357 g/mol. The summed E-state index contributed by atoms with van der Waals surface area (Å²) in [4.78, 5) is 7.01. The minimum Gasteiger partial charge on any atom is -0.319 e. The van der Waals surface area contributed by atoms with Crippen LogP contribution in [-0.4, -0.2) is 9.55 Å². The highest BCUT2D eigenvalue weighted by molar-refractivity contribution is 7.15. The lowest BCUT2D eigenvalue weighted by Gasteiger charge is -2.10. The van der Waals surface area contributed by atoms with E-state index in [9.17, 15) is 4.39 Å². The first-order chi connectivity index (χ1) is 11.6. The molecule has 0 atom stereocenters. The summed E-state index contributed by atoms with van der Waals surface area (Å²) in [5, 5.41) is 0.698. The lowest BCUT2D eigenvalue weighted by molar-refractivity contribution is 0.628. The predicted octanol–water partition coefficient (Wildman–Crippen LogP) is 5.91. The molecule has 0 aliphatic carbocycles. The molecule has 0 fully saturated rings. The standard InChI is InChI=1S/C19H14ClFN2S/c1-12-6-9-18(24-12)19-22-16-8-7-14(21)10-17(16)23(19)11-13-4-2-3-5-15(13)20/h2-10H,11H2,1H3. The largest absolute Gasteiger partial charge is 0.319 e. The number of imidazole rings is 1. The van der Waals surface area contributed by atoms with E-state index < -0.39 is 0 Å². The number of rotatable bonds is 3. The summed E-state index contributed by atoms with van der Waals surface area (Å²) in [6.45, 7) is 2.61. The number of fused-ring (bicyclic) bond motifs is 1. The number of hydrogen-bond donors (Lipinski definition) is 0. The molecule has 0 amide bonds. The Labute approximate surface area is 148 Å². The van der Waals surface area contributed by atoms with Gasteiger partial charge in [0.05, 0.1) is 22.5 Å². The Morgan fingerprint density at radius 3 is 2.71 bits per heavy atom. The summed E-state index contributed by atoms with van der Waals surface area (Å²) < 4.78 is 15.8. The molecule has 0 saturated heterocycles. The topological polar surface area (TPSA) is 17.8 Å². The van der Waals surface area contributed by atoms with Crippen LogP contribution >= 0.6 is 22.9 Å². The fourth-order valence-corrected chi connectivity index (χ4v) is 3.86. The van der Waals surface area contributed by atoms with Crippen LogP contribution in [0.25, 0.3) is 21.7 Å². The van der Waals surface area contributed by atoms with Crippen LogP contribution in [0.3, 0.4) is 0 Å². The highest BCUT2D eigenvalue weighted by atomic mass is 35.5. The molecule has 0 N–H and O–H groups in total. The number of nitrogens with zero attached hydrogens (tertiary/aromatic N) is 2. The van der Waals surface area contributed by atoms with E-state index in [-0.39, 0.29) is 5.82 Å². The summed E-state index contributed by atoms with van der Waals surface area (Å²) >= 11 is 8.00. The zero-order chi connectivity index (χ0) is 16.7. The molecule has 2 heterocycles. The fourth-order valence-electron chi connectivity index (χ4n) is 2.80. The summed E-state index contributed by atoms with van der Waals surface area (Å²) in [7, 11) is 0. The highest BCUT2D eigenvalue weighted by Gasteiger charge is 2.16. The van der Waals surface area contributed by atoms with Crippen molar-refractivity contribution >= 4 is 34.0 Å². The van der Waals surface area contributed by atoms with Gasteiger partial charge < -0.3 is 4.57 Å². The van der Waals surface area contributed by atoms with E-state index in [1.807, 2.05) is 28.8 Å². The zero-order valence-electron chi connectivity index (χ0n) is 13.0. The molecule has 0 bridgehead atoms. The van der Waals surface area contributed by atoms with Crippen molar-refractivity contribution in [2.45, 2.75) is 13.5 Å².